The molecule has 2 heterocycles. The molecule has 0 radical (unpaired) electrons. The standard InChI is InChI=1S/C19H29N3O3/c23-17(19(24)1-3-25-4-2-19)12-22-11-16(20-21-22)18-8-13-5-14(9-18)7-15(6-13)10-18/h11,13-15,17,23-24H,1-10,12H2. The number of rotatable bonds is 4. The molecule has 4 aliphatic carbocycles. The Labute approximate surface area is 148 Å². The van der Waals surface area contributed by atoms with Crippen molar-refractivity contribution in [2.75, 3.05) is 13.2 Å². The van der Waals surface area contributed by atoms with Gasteiger partial charge in [0.05, 0.1) is 17.8 Å². The zero-order valence-electron chi connectivity index (χ0n) is 14.8. The van der Waals surface area contributed by atoms with Gasteiger partial charge in [0.1, 0.15) is 6.10 Å². The molecule has 2 N–H and O–H groups in total. The van der Waals surface area contributed by atoms with Gasteiger partial charge in [-0.15, -0.1) is 5.10 Å². The minimum absolute atomic E-state index is 0.230. The van der Waals surface area contributed by atoms with E-state index in [2.05, 4.69) is 10.3 Å². The first-order chi connectivity index (χ1) is 12.0. The van der Waals surface area contributed by atoms with E-state index in [1.54, 1.807) is 4.68 Å². The van der Waals surface area contributed by atoms with E-state index in [1.807, 2.05) is 6.20 Å². The van der Waals surface area contributed by atoms with Gasteiger partial charge in [0, 0.05) is 37.7 Å². The molecule has 6 rings (SSSR count). The lowest BCUT2D eigenvalue weighted by Gasteiger charge is -2.56. The van der Waals surface area contributed by atoms with E-state index in [-0.39, 0.29) is 5.41 Å². The predicted molar refractivity (Wildman–Crippen MR) is 90.9 cm³/mol. The summed E-state index contributed by atoms with van der Waals surface area (Å²) in [4.78, 5) is 0. The lowest BCUT2D eigenvalue weighted by Crippen LogP contribution is -2.49. The van der Waals surface area contributed by atoms with Crippen LogP contribution in [0.25, 0.3) is 0 Å². The molecular formula is C19H29N3O3. The second-order valence-electron chi connectivity index (χ2n) is 9.26. The molecule has 1 atom stereocenters. The number of ether oxygens (including phenoxy) is 1. The highest BCUT2D eigenvalue weighted by Gasteiger charge is 2.53. The Morgan fingerprint density at radius 3 is 2.32 bits per heavy atom. The normalized spacial score (nSPS) is 40.3. The van der Waals surface area contributed by atoms with Crippen LogP contribution in [0, 0.1) is 17.8 Å². The molecule has 25 heavy (non-hydrogen) atoms. The predicted octanol–water partition coefficient (Wildman–Crippen LogP) is 1.65. The summed E-state index contributed by atoms with van der Waals surface area (Å²) < 4.78 is 7.04. The Balaban J connectivity index is 1.32. The third-order valence-electron chi connectivity index (χ3n) is 7.46. The fourth-order valence-corrected chi connectivity index (χ4v) is 6.46. The molecule has 6 heteroatoms. The van der Waals surface area contributed by atoms with Crippen LogP contribution in [0.5, 0.6) is 0 Å². The van der Waals surface area contributed by atoms with Crippen molar-refractivity contribution in [1.29, 1.82) is 0 Å². The molecule has 0 aromatic carbocycles. The summed E-state index contributed by atoms with van der Waals surface area (Å²) in [5, 5.41) is 30.0. The van der Waals surface area contributed by atoms with Crippen molar-refractivity contribution in [2.24, 2.45) is 17.8 Å². The first-order valence-electron chi connectivity index (χ1n) is 9.93. The minimum Gasteiger partial charge on any atom is -0.388 e. The average Bonchev–Trinajstić information content (AvgIpc) is 3.04. The Morgan fingerprint density at radius 2 is 1.72 bits per heavy atom. The maximum absolute atomic E-state index is 10.6. The Hall–Kier alpha value is -0.980. The fourth-order valence-electron chi connectivity index (χ4n) is 6.46. The van der Waals surface area contributed by atoms with Gasteiger partial charge < -0.3 is 14.9 Å². The molecule has 1 unspecified atom stereocenters. The number of aliphatic hydroxyl groups excluding tert-OH is 1. The van der Waals surface area contributed by atoms with Gasteiger partial charge >= 0.3 is 0 Å². The van der Waals surface area contributed by atoms with Crippen LogP contribution in [0.3, 0.4) is 0 Å². The largest absolute Gasteiger partial charge is 0.388 e. The summed E-state index contributed by atoms with van der Waals surface area (Å²) in [6.07, 6.45) is 10.2. The Morgan fingerprint density at radius 1 is 1.12 bits per heavy atom. The quantitative estimate of drug-likeness (QED) is 0.866. The first kappa shape index (κ1) is 16.2. The van der Waals surface area contributed by atoms with E-state index < -0.39 is 11.7 Å². The van der Waals surface area contributed by atoms with Gasteiger partial charge in [0.25, 0.3) is 0 Å². The first-order valence-corrected chi connectivity index (χ1v) is 9.93. The summed E-state index contributed by atoms with van der Waals surface area (Å²) in [5.74, 6) is 2.64. The Bertz CT molecular complexity index is 602. The third kappa shape index (κ3) is 2.73. The van der Waals surface area contributed by atoms with Crippen LogP contribution >= 0.6 is 0 Å². The summed E-state index contributed by atoms with van der Waals surface area (Å²) in [7, 11) is 0. The van der Waals surface area contributed by atoms with Gasteiger partial charge in [-0.25, -0.2) is 4.68 Å². The molecule has 6 nitrogen and oxygen atoms in total. The summed E-state index contributed by atoms with van der Waals surface area (Å²) in [6.45, 7) is 1.31. The van der Waals surface area contributed by atoms with Crippen molar-refractivity contribution in [2.45, 2.75) is 75.0 Å². The maximum Gasteiger partial charge on any atom is 0.102 e. The molecule has 1 saturated heterocycles. The molecule has 0 amide bonds. The molecule has 1 aliphatic heterocycles. The molecule has 1 aromatic heterocycles. The molecule has 138 valence electrons. The van der Waals surface area contributed by atoms with E-state index in [0.29, 0.717) is 32.6 Å². The fraction of sp³-hybridized carbons (Fsp3) is 0.895. The molecule has 5 fully saturated rings. The van der Waals surface area contributed by atoms with Gasteiger partial charge in [0.2, 0.25) is 0 Å². The molecule has 4 saturated carbocycles. The van der Waals surface area contributed by atoms with Crippen molar-refractivity contribution in [1.82, 2.24) is 15.0 Å². The summed E-state index contributed by atoms with van der Waals surface area (Å²) >= 11 is 0. The van der Waals surface area contributed by atoms with Crippen LogP contribution in [0.4, 0.5) is 0 Å². The minimum atomic E-state index is -1.06. The average molecular weight is 347 g/mol. The number of hydrogen-bond donors (Lipinski definition) is 2. The molecular weight excluding hydrogens is 318 g/mol. The van der Waals surface area contributed by atoms with Gasteiger partial charge in [-0.1, -0.05) is 5.21 Å². The monoisotopic (exact) mass is 347 g/mol. The van der Waals surface area contributed by atoms with Crippen molar-refractivity contribution in [3.8, 4) is 0 Å². The van der Waals surface area contributed by atoms with Gasteiger partial charge in [-0.3, -0.25) is 0 Å². The molecule has 4 bridgehead atoms. The highest BCUT2D eigenvalue weighted by Crippen LogP contribution is 2.60. The van der Waals surface area contributed by atoms with E-state index in [4.69, 9.17) is 4.74 Å². The van der Waals surface area contributed by atoms with Crippen molar-refractivity contribution in [3.63, 3.8) is 0 Å². The van der Waals surface area contributed by atoms with E-state index in [0.717, 1.165) is 23.4 Å². The SMILES string of the molecule is OC(Cn1cc(C23CC4CC(CC(C4)C2)C3)nn1)C1(O)CCOCC1. The number of aliphatic hydroxyl groups is 2. The molecule has 1 aromatic rings. The second-order valence-corrected chi connectivity index (χ2v) is 9.26. The molecule has 0 spiro atoms. The van der Waals surface area contributed by atoms with Crippen molar-refractivity contribution >= 4 is 0 Å². The highest BCUT2D eigenvalue weighted by atomic mass is 16.5. The highest BCUT2D eigenvalue weighted by molar-refractivity contribution is 5.20. The smallest absolute Gasteiger partial charge is 0.102 e. The van der Waals surface area contributed by atoms with Crippen LogP contribution < -0.4 is 0 Å². The number of nitrogens with zero attached hydrogens (tertiary/aromatic N) is 3. The second kappa shape index (κ2) is 5.76. The van der Waals surface area contributed by atoms with Crippen LogP contribution in [0.15, 0.2) is 6.20 Å². The van der Waals surface area contributed by atoms with Crippen molar-refractivity contribution in [3.05, 3.63) is 11.9 Å². The number of hydrogen-bond acceptors (Lipinski definition) is 5. The summed E-state index contributed by atoms with van der Waals surface area (Å²) in [5.41, 5.74) is 0.288. The van der Waals surface area contributed by atoms with Gasteiger partial charge in [-0.05, 0) is 56.3 Å². The lowest BCUT2D eigenvalue weighted by atomic mass is 9.49. The lowest BCUT2D eigenvalue weighted by molar-refractivity contribution is -0.136. The zero-order chi connectivity index (χ0) is 17.1. The number of aromatic nitrogens is 3. The van der Waals surface area contributed by atoms with Crippen LogP contribution in [0.1, 0.15) is 57.1 Å². The topological polar surface area (TPSA) is 80.4 Å². The zero-order valence-corrected chi connectivity index (χ0v) is 14.8. The van der Waals surface area contributed by atoms with Crippen molar-refractivity contribution < 1.29 is 14.9 Å². The Kier molecular flexibility index (Phi) is 3.74. The molecule has 5 aliphatic rings. The van der Waals surface area contributed by atoms with E-state index in [9.17, 15) is 10.2 Å². The maximum atomic E-state index is 10.6. The third-order valence-corrected chi connectivity index (χ3v) is 7.46. The van der Waals surface area contributed by atoms with Gasteiger partial charge in [-0.2, -0.15) is 0 Å². The van der Waals surface area contributed by atoms with Gasteiger partial charge in [0.15, 0.2) is 0 Å². The van der Waals surface area contributed by atoms with E-state index in [1.165, 1.54) is 38.5 Å². The van der Waals surface area contributed by atoms with Crippen LogP contribution in [0.2, 0.25) is 0 Å². The van der Waals surface area contributed by atoms with Crippen LogP contribution in [-0.2, 0) is 16.7 Å². The summed E-state index contributed by atoms with van der Waals surface area (Å²) in [6, 6.07) is 0. The van der Waals surface area contributed by atoms with Crippen LogP contribution in [-0.4, -0.2) is 50.1 Å². The van der Waals surface area contributed by atoms with E-state index >= 15 is 0 Å².